The molecule has 2 amide bonds. The quantitative estimate of drug-likeness (QED) is 0.673. The Morgan fingerprint density at radius 1 is 1.18 bits per heavy atom. The molecular formula is C22H28ClN3O2. The molecule has 0 saturated carbocycles. The lowest BCUT2D eigenvalue weighted by Crippen LogP contribution is -2.36. The second-order valence-corrected chi connectivity index (χ2v) is 7.63. The van der Waals surface area contributed by atoms with Gasteiger partial charge in [-0.3, -0.25) is 0 Å². The van der Waals surface area contributed by atoms with Crippen molar-refractivity contribution in [1.82, 2.24) is 4.90 Å². The Hall–Kier alpha value is -2.40. The highest BCUT2D eigenvalue weighted by Crippen LogP contribution is 2.31. The number of nitrogens with one attached hydrogen (secondary N) is 1. The number of anilines is 2. The van der Waals surface area contributed by atoms with E-state index in [0.717, 1.165) is 49.3 Å². The van der Waals surface area contributed by atoms with Gasteiger partial charge in [-0.05, 0) is 49.9 Å². The fraction of sp³-hybridized carbons (Fsp3) is 0.409. The van der Waals surface area contributed by atoms with Gasteiger partial charge in [0.05, 0.1) is 17.9 Å². The van der Waals surface area contributed by atoms with E-state index in [2.05, 4.69) is 10.2 Å². The lowest BCUT2D eigenvalue weighted by molar-refractivity contribution is 0.208. The molecule has 1 heterocycles. The third-order valence-electron chi connectivity index (χ3n) is 5.03. The first-order valence-corrected chi connectivity index (χ1v) is 10.3. The van der Waals surface area contributed by atoms with E-state index < -0.39 is 0 Å². The van der Waals surface area contributed by atoms with Crippen LogP contribution < -0.4 is 10.2 Å². The molecule has 2 aromatic carbocycles. The molecule has 0 aromatic heterocycles. The van der Waals surface area contributed by atoms with E-state index in [1.54, 1.807) is 17.0 Å². The van der Waals surface area contributed by atoms with Gasteiger partial charge < -0.3 is 20.2 Å². The third kappa shape index (κ3) is 5.10. The van der Waals surface area contributed by atoms with Gasteiger partial charge in [0, 0.05) is 30.2 Å². The van der Waals surface area contributed by atoms with Crippen LogP contribution in [0.1, 0.15) is 38.2 Å². The number of para-hydroxylation sites is 1. The Balaban J connectivity index is 1.79. The summed E-state index contributed by atoms with van der Waals surface area (Å²) in [6.45, 7) is 4.96. The third-order valence-corrected chi connectivity index (χ3v) is 5.27. The minimum atomic E-state index is -0.189. The molecule has 0 atom stereocenters. The fourth-order valence-corrected chi connectivity index (χ4v) is 3.76. The standard InChI is InChI=1S/C22H28ClN3O2/c1-2-12-26(16-17-8-4-5-9-21(17)27)22(28)24-19-15-18(23)10-11-20(19)25-13-6-3-7-14-25/h4-5,8-11,15,27H,2-3,6-7,12-14,16H2,1H3,(H,24,28). The summed E-state index contributed by atoms with van der Waals surface area (Å²) in [5, 5.41) is 13.7. The van der Waals surface area contributed by atoms with Crippen LogP contribution >= 0.6 is 11.6 Å². The highest BCUT2D eigenvalue weighted by Gasteiger charge is 2.19. The number of amides is 2. The highest BCUT2D eigenvalue weighted by molar-refractivity contribution is 6.31. The minimum absolute atomic E-state index is 0.189. The molecule has 1 fully saturated rings. The number of rotatable bonds is 6. The van der Waals surface area contributed by atoms with Crippen molar-refractivity contribution in [1.29, 1.82) is 0 Å². The molecule has 0 radical (unpaired) electrons. The smallest absolute Gasteiger partial charge is 0.322 e. The zero-order valence-corrected chi connectivity index (χ0v) is 17.1. The van der Waals surface area contributed by atoms with Crippen molar-refractivity contribution in [2.24, 2.45) is 0 Å². The maximum Gasteiger partial charge on any atom is 0.322 e. The molecule has 28 heavy (non-hydrogen) atoms. The van der Waals surface area contributed by atoms with Crippen molar-refractivity contribution in [2.75, 3.05) is 29.9 Å². The first kappa shape index (κ1) is 20.3. The van der Waals surface area contributed by atoms with E-state index in [-0.39, 0.29) is 11.8 Å². The number of carbonyl (C=O) groups is 1. The molecule has 0 aliphatic carbocycles. The van der Waals surface area contributed by atoms with Crippen molar-refractivity contribution in [3.05, 3.63) is 53.1 Å². The number of halogens is 1. The predicted molar refractivity (Wildman–Crippen MR) is 115 cm³/mol. The number of piperidine rings is 1. The van der Waals surface area contributed by atoms with Crippen molar-refractivity contribution in [2.45, 2.75) is 39.2 Å². The van der Waals surface area contributed by atoms with Gasteiger partial charge in [0.15, 0.2) is 0 Å². The number of phenols is 1. The van der Waals surface area contributed by atoms with Crippen LogP contribution in [-0.4, -0.2) is 35.7 Å². The summed E-state index contributed by atoms with van der Waals surface area (Å²) in [4.78, 5) is 17.1. The van der Waals surface area contributed by atoms with Crippen LogP contribution in [0.3, 0.4) is 0 Å². The van der Waals surface area contributed by atoms with Crippen LogP contribution in [0.4, 0.5) is 16.2 Å². The highest BCUT2D eigenvalue weighted by atomic mass is 35.5. The first-order chi connectivity index (χ1) is 13.6. The monoisotopic (exact) mass is 401 g/mol. The van der Waals surface area contributed by atoms with Crippen LogP contribution in [0.15, 0.2) is 42.5 Å². The molecule has 1 aliphatic rings. The van der Waals surface area contributed by atoms with E-state index in [1.165, 1.54) is 6.42 Å². The Morgan fingerprint density at radius 3 is 2.64 bits per heavy atom. The average molecular weight is 402 g/mol. The lowest BCUT2D eigenvalue weighted by Gasteiger charge is -2.31. The van der Waals surface area contributed by atoms with Gasteiger partial charge in [0.25, 0.3) is 0 Å². The zero-order chi connectivity index (χ0) is 19.9. The second-order valence-electron chi connectivity index (χ2n) is 7.19. The summed E-state index contributed by atoms with van der Waals surface area (Å²) in [7, 11) is 0. The molecule has 1 saturated heterocycles. The summed E-state index contributed by atoms with van der Waals surface area (Å²) in [6.07, 6.45) is 4.39. The van der Waals surface area contributed by atoms with E-state index in [4.69, 9.17) is 11.6 Å². The molecule has 6 heteroatoms. The number of hydrogen-bond donors (Lipinski definition) is 2. The van der Waals surface area contributed by atoms with Gasteiger partial charge in [-0.15, -0.1) is 0 Å². The number of aromatic hydroxyl groups is 1. The molecule has 150 valence electrons. The van der Waals surface area contributed by atoms with Crippen LogP contribution in [-0.2, 0) is 6.54 Å². The Labute approximate surface area is 171 Å². The van der Waals surface area contributed by atoms with E-state index in [9.17, 15) is 9.90 Å². The van der Waals surface area contributed by atoms with Crippen LogP contribution in [0, 0.1) is 0 Å². The van der Waals surface area contributed by atoms with Gasteiger partial charge in [0.1, 0.15) is 5.75 Å². The van der Waals surface area contributed by atoms with E-state index in [1.807, 2.05) is 37.3 Å². The number of nitrogens with zero attached hydrogens (tertiary/aromatic N) is 2. The molecule has 0 spiro atoms. The van der Waals surface area contributed by atoms with Gasteiger partial charge >= 0.3 is 6.03 Å². The molecule has 1 aliphatic heterocycles. The Morgan fingerprint density at radius 2 is 1.93 bits per heavy atom. The average Bonchev–Trinajstić information content (AvgIpc) is 2.70. The van der Waals surface area contributed by atoms with Crippen molar-refractivity contribution in [3.8, 4) is 5.75 Å². The van der Waals surface area contributed by atoms with Crippen LogP contribution in [0.2, 0.25) is 5.02 Å². The molecule has 3 rings (SSSR count). The second kappa shape index (κ2) is 9.69. The molecule has 0 unspecified atom stereocenters. The minimum Gasteiger partial charge on any atom is -0.508 e. The normalized spacial score (nSPS) is 14.0. The lowest BCUT2D eigenvalue weighted by atomic mass is 10.1. The van der Waals surface area contributed by atoms with Crippen molar-refractivity contribution < 1.29 is 9.90 Å². The summed E-state index contributed by atoms with van der Waals surface area (Å²) in [5.41, 5.74) is 2.47. The number of phenolic OH excluding ortho intramolecular Hbond substituents is 1. The van der Waals surface area contributed by atoms with Gasteiger partial charge in [-0.25, -0.2) is 4.79 Å². The zero-order valence-electron chi connectivity index (χ0n) is 16.3. The van der Waals surface area contributed by atoms with E-state index >= 15 is 0 Å². The Kier molecular flexibility index (Phi) is 7.04. The maximum atomic E-state index is 13.0. The SMILES string of the molecule is CCCN(Cc1ccccc1O)C(=O)Nc1cc(Cl)ccc1N1CCCCC1. The molecule has 2 N–H and O–H groups in total. The molecule has 2 aromatic rings. The maximum absolute atomic E-state index is 13.0. The molecular weight excluding hydrogens is 374 g/mol. The molecule has 5 nitrogen and oxygen atoms in total. The predicted octanol–water partition coefficient (Wildman–Crippen LogP) is 5.48. The van der Waals surface area contributed by atoms with Crippen LogP contribution in [0.5, 0.6) is 5.75 Å². The topological polar surface area (TPSA) is 55.8 Å². The number of benzene rings is 2. The van der Waals surface area contributed by atoms with Crippen molar-refractivity contribution in [3.63, 3.8) is 0 Å². The van der Waals surface area contributed by atoms with Gasteiger partial charge in [-0.1, -0.05) is 36.7 Å². The number of carbonyl (C=O) groups excluding carboxylic acids is 1. The summed E-state index contributed by atoms with van der Waals surface area (Å²) in [6, 6.07) is 12.6. The number of hydrogen-bond acceptors (Lipinski definition) is 3. The molecule has 0 bridgehead atoms. The van der Waals surface area contributed by atoms with Crippen LogP contribution in [0.25, 0.3) is 0 Å². The Bertz CT molecular complexity index is 806. The van der Waals surface area contributed by atoms with Gasteiger partial charge in [0.2, 0.25) is 0 Å². The largest absolute Gasteiger partial charge is 0.508 e. The first-order valence-electron chi connectivity index (χ1n) is 9.95. The summed E-state index contributed by atoms with van der Waals surface area (Å²) < 4.78 is 0. The summed E-state index contributed by atoms with van der Waals surface area (Å²) in [5.74, 6) is 0.202. The van der Waals surface area contributed by atoms with Crippen molar-refractivity contribution >= 4 is 29.0 Å². The van der Waals surface area contributed by atoms with Gasteiger partial charge in [-0.2, -0.15) is 0 Å². The van der Waals surface area contributed by atoms with E-state index in [0.29, 0.717) is 18.1 Å². The fourth-order valence-electron chi connectivity index (χ4n) is 3.59. The number of urea groups is 1. The summed E-state index contributed by atoms with van der Waals surface area (Å²) >= 11 is 6.21.